The third-order valence-corrected chi connectivity index (χ3v) is 5.19. The number of nitrogens with one attached hydrogen (secondary N) is 1. The molecule has 126 valence electrons. The van der Waals surface area contributed by atoms with E-state index in [9.17, 15) is 0 Å². The lowest BCUT2D eigenvalue weighted by Crippen LogP contribution is -2.43. The molecule has 1 N–H and O–H groups in total. The highest BCUT2D eigenvalue weighted by atomic mass is 15.2. The molecule has 0 unspecified atom stereocenters. The van der Waals surface area contributed by atoms with Crippen LogP contribution in [0.2, 0.25) is 0 Å². The largest absolute Gasteiger partial charge is 0.354 e. The summed E-state index contributed by atoms with van der Waals surface area (Å²) in [7, 11) is 0. The van der Waals surface area contributed by atoms with Crippen molar-refractivity contribution in [2.24, 2.45) is 0 Å². The van der Waals surface area contributed by atoms with Crippen molar-refractivity contribution in [3.05, 3.63) is 59.8 Å². The molecule has 0 bridgehead atoms. The summed E-state index contributed by atoms with van der Waals surface area (Å²) >= 11 is 0. The van der Waals surface area contributed by atoms with Gasteiger partial charge >= 0.3 is 0 Å². The van der Waals surface area contributed by atoms with E-state index >= 15 is 0 Å². The van der Waals surface area contributed by atoms with Crippen LogP contribution in [-0.2, 0) is 6.54 Å². The van der Waals surface area contributed by atoms with Gasteiger partial charge in [0.15, 0.2) is 0 Å². The first kappa shape index (κ1) is 15.6. The molecule has 1 aromatic carbocycles. The van der Waals surface area contributed by atoms with Gasteiger partial charge in [0.05, 0.1) is 0 Å². The summed E-state index contributed by atoms with van der Waals surface area (Å²) in [5, 5.41) is 3.39. The van der Waals surface area contributed by atoms with Crippen molar-refractivity contribution in [3.63, 3.8) is 0 Å². The Morgan fingerprint density at radius 3 is 2.58 bits per heavy atom. The van der Waals surface area contributed by atoms with Crippen LogP contribution in [0.15, 0.2) is 48.7 Å². The number of benzene rings is 1. The predicted octanol–water partition coefficient (Wildman–Crippen LogP) is 2.83. The van der Waals surface area contributed by atoms with Crippen LogP contribution in [0.5, 0.6) is 0 Å². The highest BCUT2D eigenvalue weighted by Crippen LogP contribution is 2.33. The third kappa shape index (κ3) is 3.45. The Kier molecular flexibility index (Phi) is 4.76. The number of piperazine rings is 1. The van der Waals surface area contributed by atoms with Gasteiger partial charge in [-0.05, 0) is 36.6 Å². The molecule has 0 spiro atoms. The maximum atomic E-state index is 4.76. The molecule has 2 aliphatic rings. The quantitative estimate of drug-likeness (QED) is 0.938. The minimum atomic E-state index is 0.509. The van der Waals surface area contributed by atoms with Gasteiger partial charge in [-0.2, -0.15) is 0 Å². The van der Waals surface area contributed by atoms with Gasteiger partial charge < -0.3 is 10.2 Å². The SMILES string of the molecule is c1ccc(CN2CCC[C@@H]2c2ccc(N3CCNCC3)nc2)cc1. The second kappa shape index (κ2) is 7.32. The van der Waals surface area contributed by atoms with Gasteiger partial charge in [-0.25, -0.2) is 4.98 Å². The summed E-state index contributed by atoms with van der Waals surface area (Å²) in [6.07, 6.45) is 4.61. The van der Waals surface area contributed by atoms with Crippen LogP contribution in [0.3, 0.4) is 0 Å². The minimum absolute atomic E-state index is 0.509. The third-order valence-electron chi connectivity index (χ3n) is 5.19. The van der Waals surface area contributed by atoms with Crippen LogP contribution in [0.4, 0.5) is 5.82 Å². The zero-order valence-electron chi connectivity index (χ0n) is 14.2. The molecule has 0 aliphatic carbocycles. The molecule has 4 nitrogen and oxygen atoms in total. The fraction of sp³-hybridized carbons (Fsp3) is 0.450. The number of rotatable bonds is 4. The monoisotopic (exact) mass is 322 g/mol. The fourth-order valence-electron chi connectivity index (χ4n) is 3.89. The normalized spacial score (nSPS) is 22.0. The number of hydrogen-bond acceptors (Lipinski definition) is 4. The van der Waals surface area contributed by atoms with E-state index in [4.69, 9.17) is 4.98 Å². The van der Waals surface area contributed by atoms with Gasteiger partial charge in [0, 0.05) is 45.0 Å². The van der Waals surface area contributed by atoms with Crippen molar-refractivity contribution in [2.75, 3.05) is 37.6 Å². The van der Waals surface area contributed by atoms with Crippen LogP contribution in [0, 0.1) is 0 Å². The second-order valence-corrected chi connectivity index (χ2v) is 6.80. The van der Waals surface area contributed by atoms with Crippen molar-refractivity contribution in [1.29, 1.82) is 0 Å². The maximum Gasteiger partial charge on any atom is 0.128 e. The lowest BCUT2D eigenvalue weighted by molar-refractivity contribution is 0.248. The van der Waals surface area contributed by atoms with Crippen LogP contribution < -0.4 is 10.2 Å². The predicted molar refractivity (Wildman–Crippen MR) is 98.1 cm³/mol. The van der Waals surface area contributed by atoms with E-state index in [1.165, 1.54) is 30.5 Å². The Balaban J connectivity index is 1.46. The van der Waals surface area contributed by atoms with Crippen LogP contribution >= 0.6 is 0 Å². The number of likely N-dealkylation sites (tertiary alicyclic amines) is 1. The lowest BCUT2D eigenvalue weighted by atomic mass is 10.1. The minimum Gasteiger partial charge on any atom is -0.354 e. The summed E-state index contributed by atoms with van der Waals surface area (Å²) in [4.78, 5) is 9.73. The Morgan fingerprint density at radius 1 is 1.00 bits per heavy atom. The van der Waals surface area contributed by atoms with Gasteiger partial charge in [-0.1, -0.05) is 36.4 Å². The van der Waals surface area contributed by atoms with E-state index in [2.05, 4.69) is 63.8 Å². The molecule has 0 radical (unpaired) electrons. The molecule has 2 fully saturated rings. The summed E-state index contributed by atoms with van der Waals surface area (Å²) in [6.45, 7) is 6.42. The zero-order chi connectivity index (χ0) is 16.2. The Morgan fingerprint density at radius 2 is 1.83 bits per heavy atom. The molecule has 3 heterocycles. The summed E-state index contributed by atoms with van der Waals surface area (Å²) in [5.41, 5.74) is 2.76. The number of hydrogen-bond donors (Lipinski definition) is 1. The molecule has 0 saturated carbocycles. The first-order valence-electron chi connectivity index (χ1n) is 9.10. The fourth-order valence-corrected chi connectivity index (χ4v) is 3.89. The van der Waals surface area contributed by atoms with Gasteiger partial charge in [0.25, 0.3) is 0 Å². The molecule has 1 aromatic heterocycles. The summed E-state index contributed by atoms with van der Waals surface area (Å²) < 4.78 is 0. The Bertz CT molecular complexity index is 634. The number of nitrogens with zero attached hydrogens (tertiary/aromatic N) is 3. The van der Waals surface area contributed by atoms with Crippen LogP contribution in [0.25, 0.3) is 0 Å². The first-order valence-corrected chi connectivity index (χ1v) is 9.10. The first-order chi connectivity index (χ1) is 11.9. The van der Waals surface area contributed by atoms with Gasteiger partial charge in [0.1, 0.15) is 5.82 Å². The van der Waals surface area contributed by atoms with Crippen molar-refractivity contribution in [3.8, 4) is 0 Å². The molecule has 0 amide bonds. The highest BCUT2D eigenvalue weighted by Gasteiger charge is 2.26. The lowest BCUT2D eigenvalue weighted by Gasteiger charge is -2.29. The molecule has 4 heteroatoms. The van der Waals surface area contributed by atoms with Crippen LogP contribution in [0.1, 0.15) is 30.0 Å². The van der Waals surface area contributed by atoms with Crippen molar-refractivity contribution < 1.29 is 0 Å². The molecule has 24 heavy (non-hydrogen) atoms. The Hall–Kier alpha value is -1.91. The topological polar surface area (TPSA) is 31.4 Å². The van der Waals surface area contributed by atoms with E-state index in [0.29, 0.717) is 6.04 Å². The van der Waals surface area contributed by atoms with E-state index in [0.717, 1.165) is 38.5 Å². The van der Waals surface area contributed by atoms with E-state index in [-0.39, 0.29) is 0 Å². The smallest absolute Gasteiger partial charge is 0.128 e. The zero-order valence-corrected chi connectivity index (χ0v) is 14.2. The van der Waals surface area contributed by atoms with Gasteiger partial charge in [0.2, 0.25) is 0 Å². The molecular weight excluding hydrogens is 296 g/mol. The Labute approximate surface area is 144 Å². The molecule has 2 saturated heterocycles. The second-order valence-electron chi connectivity index (χ2n) is 6.80. The van der Waals surface area contributed by atoms with Gasteiger partial charge in [-0.3, -0.25) is 4.90 Å². The number of anilines is 1. The molecular formula is C20H26N4. The average Bonchev–Trinajstić information content (AvgIpc) is 3.11. The number of aromatic nitrogens is 1. The maximum absolute atomic E-state index is 4.76. The molecule has 2 aromatic rings. The van der Waals surface area contributed by atoms with E-state index < -0.39 is 0 Å². The van der Waals surface area contributed by atoms with Gasteiger partial charge in [-0.15, -0.1) is 0 Å². The standard InChI is InChI=1S/C20H26N4/c1-2-5-17(6-3-1)16-24-12-4-7-19(24)18-8-9-20(22-15-18)23-13-10-21-11-14-23/h1-3,5-6,8-9,15,19,21H,4,7,10-14,16H2/t19-/m1/s1. The number of pyridine rings is 1. The summed E-state index contributed by atoms with van der Waals surface area (Å²) in [5.74, 6) is 1.12. The van der Waals surface area contributed by atoms with Crippen molar-refractivity contribution in [1.82, 2.24) is 15.2 Å². The molecule has 2 aliphatic heterocycles. The van der Waals surface area contributed by atoms with E-state index in [1.54, 1.807) is 0 Å². The van der Waals surface area contributed by atoms with Crippen molar-refractivity contribution in [2.45, 2.75) is 25.4 Å². The van der Waals surface area contributed by atoms with Crippen molar-refractivity contribution >= 4 is 5.82 Å². The molecule has 4 rings (SSSR count). The van der Waals surface area contributed by atoms with E-state index in [1.807, 2.05) is 0 Å². The summed E-state index contributed by atoms with van der Waals surface area (Å²) in [6, 6.07) is 15.8. The average molecular weight is 322 g/mol. The highest BCUT2D eigenvalue weighted by molar-refractivity contribution is 5.40. The van der Waals surface area contributed by atoms with Crippen LogP contribution in [-0.4, -0.2) is 42.6 Å². The molecule has 1 atom stereocenters.